The number of hydrogen-bond donors (Lipinski definition) is 0. The molecule has 0 radical (unpaired) electrons. The summed E-state index contributed by atoms with van der Waals surface area (Å²) in [4.78, 5) is 9.42. The van der Waals surface area contributed by atoms with E-state index in [2.05, 4.69) is 40.9 Å². The van der Waals surface area contributed by atoms with Crippen molar-refractivity contribution in [3.8, 4) is 0 Å². The molecular weight excluding hydrogens is 254 g/mol. The molecule has 0 N–H and O–H groups in total. The molecule has 1 aromatic heterocycles. The molecule has 1 fully saturated rings. The molecule has 0 spiro atoms. The topological polar surface area (TPSA) is 19.4 Å². The van der Waals surface area contributed by atoms with Gasteiger partial charge in [0, 0.05) is 37.1 Å². The molecule has 2 heterocycles. The van der Waals surface area contributed by atoms with Crippen LogP contribution < -0.4 is 4.90 Å². The number of nitrogens with zero attached hydrogens (tertiary/aromatic N) is 3. The van der Waals surface area contributed by atoms with Crippen molar-refractivity contribution in [2.45, 2.75) is 32.2 Å². The van der Waals surface area contributed by atoms with Crippen molar-refractivity contribution in [1.82, 2.24) is 9.88 Å². The first-order valence-electron chi connectivity index (χ1n) is 6.01. The van der Waals surface area contributed by atoms with Gasteiger partial charge in [0.15, 0.2) is 5.13 Å². The van der Waals surface area contributed by atoms with Gasteiger partial charge in [0.1, 0.15) is 0 Å². The Balaban J connectivity index is 1.95. The zero-order valence-electron chi connectivity index (χ0n) is 10.7. The average molecular weight is 274 g/mol. The lowest BCUT2D eigenvalue weighted by molar-refractivity contribution is 0.128. The Morgan fingerprint density at radius 2 is 1.94 bits per heavy atom. The standard InChI is InChI=1S/C12H20ClN3S/c1-12(2,3)16-6-4-15(5-7-16)11-14-10(8-13)9-17-11/h9H,4-8H2,1-3H3. The number of halogens is 1. The van der Waals surface area contributed by atoms with Crippen molar-refractivity contribution < 1.29 is 0 Å². The first-order valence-corrected chi connectivity index (χ1v) is 7.42. The van der Waals surface area contributed by atoms with Gasteiger partial charge in [-0.05, 0) is 20.8 Å². The molecule has 0 atom stereocenters. The molecule has 0 amide bonds. The number of piperazine rings is 1. The minimum absolute atomic E-state index is 0.274. The maximum Gasteiger partial charge on any atom is 0.185 e. The van der Waals surface area contributed by atoms with E-state index in [0.717, 1.165) is 37.0 Å². The second-order valence-electron chi connectivity index (χ2n) is 5.40. The van der Waals surface area contributed by atoms with E-state index in [4.69, 9.17) is 11.6 Å². The average Bonchev–Trinajstić information content (AvgIpc) is 2.76. The minimum atomic E-state index is 0.274. The third-order valence-electron chi connectivity index (χ3n) is 3.18. The van der Waals surface area contributed by atoms with Gasteiger partial charge in [-0.15, -0.1) is 22.9 Å². The van der Waals surface area contributed by atoms with E-state index < -0.39 is 0 Å². The van der Waals surface area contributed by atoms with Crippen molar-refractivity contribution in [2.24, 2.45) is 0 Å². The van der Waals surface area contributed by atoms with Crippen LogP contribution in [0.1, 0.15) is 26.5 Å². The summed E-state index contributed by atoms with van der Waals surface area (Å²) in [5.41, 5.74) is 1.26. The molecule has 0 aromatic carbocycles. The van der Waals surface area contributed by atoms with Crippen molar-refractivity contribution in [3.05, 3.63) is 11.1 Å². The molecule has 5 heteroatoms. The Bertz CT molecular complexity index is 364. The van der Waals surface area contributed by atoms with Crippen LogP contribution in [0.25, 0.3) is 0 Å². The summed E-state index contributed by atoms with van der Waals surface area (Å²) in [5, 5.41) is 3.17. The highest BCUT2D eigenvalue weighted by Gasteiger charge is 2.26. The van der Waals surface area contributed by atoms with Gasteiger partial charge in [-0.2, -0.15) is 0 Å². The molecule has 1 aliphatic heterocycles. The summed E-state index contributed by atoms with van der Waals surface area (Å²) >= 11 is 7.48. The van der Waals surface area contributed by atoms with E-state index in [1.807, 2.05) is 0 Å². The second-order valence-corrected chi connectivity index (χ2v) is 6.50. The zero-order chi connectivity index (χ0) is 12.5. The van der Waals surface area contributed by atoms with Crippen LogP contribution in [-0.4, -0.2) is 41.6 Å². The van der Waals surface area contributed by atoms with E-state index in [1.165, 1.54) is 0 Å². The molecule has 17 heavy (non-hydrogen) atoms. The lowest BCUT2D eigenvalue weighted by atomic mass is 10.1. The van der Waals surface area contributed by atoms with Crippen molar-refractivity contribution >= 4 is 28.1 Å². The Kier molecular flexibility index (Phi) is 3.95. The maximum atomic E-state index is 5.78. The Labute approximate surface area is 112 Å². The molecule has 96 valence electrons. The summed E-state index contributed by atoms with van der Waals surface area (Å²) in [6.45, 7) is 11.2. The van der Waals surface area contributed by atoms with Crippen LogP contribution in [0.15, 0.2) is 5.38 Å². The molecule has 0 aliphatic carbocycles. The van der Waals surface area contributed by atoms with E-state index in [0.29, 0.717) is 5.88 Å². The van der Waals surface area contributed by atoms with Gasteiger partial charge in [-0.1, -0.05) is 0 Å². The number of alkyl halides is 1. The van der Waals surface area contributed by atoms with E-state index >= 15 is 0 Å². The monoisotopic (exact) mass is 273 g/mol. The lowest BCUT2D eigenvalue weighted by Crippen LogP contribution is -2.53. The van der Waals surface area contributed by atoms with Gasteiger partial charge in [0.25, 0.3) is 0 Å². The molecule has 3 nitrogen and oxygen atoms in total. The molecule has 2 rings (SSSR count). The Morgan fingerprint density at radius 3 is 2.41 bits per heavy atom. The molecule has 0 bridgehead atoms. The van der Waals surface area contributed by atoms with Gasteiger partial charge in [-0.3, -0.25) is 4.90 Å². The predicted molar refractivity (Wildman–Crippen MR) is 75.2 cm³/mol. The third-order valence-corrected chi connectivity index (χ3v) is 4.40. The van der Waals surface area contributed by atoms with E-state index in [-0.39, 0.29) is 5.54 Å². The van der Waals surface area contributed by atoms with Crippen LogP contribution >= 0.6 is 22.9 Å². The first kappa shape index (κ1) is 13.1. The number of hydrogen-bond acceptors (Lipinski definition) is 4. The predicted octanol–water partition coefficient (Wildman–Crippen LogP) is 2.80. The fourth-order valence-corrected chi connectivity index (χ4v) is 3.18. The number of rotatable bonds is 2. The quantitative estimate of drug-likeness (QED) is 0.773. The molecule has 1 aromatic rings. The van der Waals surface area contributed by atoms with Gasteiger partial charge in [0.2, 0.25) is 0 Å². The van der Waals surface area contributed by atoms with E-state index in [1.54, 1.807) is 11.3 Å². The van der Waals surface area contributed by atoms with Crippen LogP contribution in [0.4, 0.5) is 5.13 Å². The van der Waals surface area contributed by atoms with Crippen LogP contribution in [0.2, 0.25) is 0 Å². The minimum Gasteiger partial charge on any atom is -0.346 e. The van der Waals surface area contributed by atoms with Crippen molar-refractivity contribution in [1.29, 1.82) is 0 Å². The van der Waals surface area contributed by atoms with Gasteiger partial charge >= 0.3 is 0 Å². The third kappa shape index (κ3) is 3.12. The van der Waals surface area contributed by atoms with Crippen LogP contribution in [-0.2, 0) is 5.88 Å². The SMILES string of the molecule is CC(C)(C)N1CCN(c2nc(CCl)cs2)CC1. The zero-order valence-corrected chi connectivity index (χ0v) is 12.3. The molecule has 1 aliphatic rings. The van der Waals surface area contributed by atoms with Crippen molar-refractivity contribution in [3.63, 3.8) is 0 Å². The molecule has 0 saturated carbocycles. The summed E-state index contributed by atoms with van der Waals surface area (Å²) in [5.74, 6) is 0.512. The molecular formula is C12H20ClN3S. The highest BCUT2D eigenvalue weighted by atomic mass is 35.5. The van der Waals surface area contributed by atoms with Gasteiger partial charge in [0.05, 0.1) is 11.6 Å². The smallest absolute Gasteiger partial charge is 0.185 e. The summed E-state index contributed by atoms with van der Waals surface area (Å²) < 4.78 is 0. The van der Waals surface area contributed by atoms with Crippen LogP contribution in [0.5, 0.6) is 0 Å². The van der Waals surface area contributed by atoms with E-state index in [9.17, 15) is 0 Å². The normalized spacial score (nSPS) is 18.7. The number of anilines is 1. The lowest BCUT2D eigenvalue weighted by Gasteiger charge is -2.42. The fourth-order valence-electron chi connectivity index (χ4n) is 2.07. The van der Waals surface area contributed by atoms with Crippen LogP contribution in [0, 0.1) is 0 Å². The Hall–Kier alpha value is -0.320. The number of thiazole rings is 1. The maximum absolute atomic E-state index is 5.78. The summed E-state index contributed by atoms with van der Waals surface area (Å²) in [7, 11) is 0. The van der Waals surface area contributed by atoms with Gasteiger partial charge in [-0.25, -0.2) is 4.98 Å². The summed E-state index contributed by atoms with van der Waals surface area (Å²) in [6.07, 6.45) is 0. The summed E-state index contributed by atoms with van der Waals surface area (Å²) in [6, 6.07) is 0. The largest absolute Gasteiger partial charge is 0.346 e. The van der Waals surface area contributed by atoms with Crippen LogP contribution in [0.3, 0.4) is 0 Å². The fraction of sp³-hybridized carbons (Fsp3) is 0.750. The second kappa shape index (κ2) is 5.12. The first-order chi connectivity index (χ1) is 8.00. The molecule has 0 unspecified atom stereocenters. The van der Waals surface area contributed by atoms with Crippen molar-refractivity contribution in [2.75, 3.05) is 31.1 Å². The number of aromatic nitrogens is 1. The van der Waals surface area contributed by atoms with Gasteiger partial charge < -0.3 is 4.90 Å². The Morgan fingerprint density at radius 1 is 1.29 bits per heavy atom. The highest BCUT2D eigenvalue weighted by molar-refractivity contribution is 7.13. The molecule has 1 saturated heterocycles. The highest BCUT2D eigenvalue weighted by Crippen LogP contribution is 2.24.